The lowest BCUT2D eigenvalue weighted by Gasteiger charge is -1.52. The molecule has 0 rings (SSSR count). The molecule has 0 aliphatic heterocycles. The van der Waals surface area contributed by atoms with Crippen molar-refractivity contribution >= 4 is 6.29 Å². The van der Waals surface area contributed by atoms with Gasteiger partial charge in [0.05, 0.1) is 0 Å². The fourth-order valence-electron chi connectivity index (χ4n) is 0. The first kappa shape index (κ1) is 9.16. The number of carbonyl (C=O) groups excluding carboxylic acids is 1. The van der Waals surface area contributed by atoms with Gasteiger partial charge in [0, 0.05) is 6.61 Å². The van der Waals surface area contributed by atoms with Crippen molar-refractivity contribution in [3.05, 3.63) is 0 Å². The van der Waals surface area contributed by atoms with Gasteiger partial charge in [-0.05, 0) is 13.8 Å². The molecule has 0 atom stereocenters. The fourth-order valence-corrected chi connectivity index (χ4v) is 0. The highest BCUT2D eigenvalue weighted by Crippen LogP contribution is 1.30. The lowest BCUT2D eigenvalue weighted by atomic mass is 10.9. The molecule has 0 heterocycles. The third kappa shape index (κ3) is 183. The van der Waals surface area contributed by atoms with E-state index in [1.165, 1.54) is 6.92 Å². The van der Waals surface area contributed by atoms with Crippen molar-refractivity contribution in [1.82, 2.24) is 0 Å². The number of aliphatic hydroxyl groups excluding tert-OH is 1. The molecule has 0 spiro atoms. The molecule has 0 fully saturated rings. The van der Waals surface area contributed by atoms with Crippen LogP contribution in [0.25, 0.3) is 0 Å². The van der Waals surface area contributed by atoms with Crippen molar-refractivity contribution < 1.29 is 12.8 Å². The average molecular weight is 92.1 g/mol. The zero-order valence-electron chi connectivity index (χ0n) is 6.14. The molecule has 0 aromatic rings. The Labute approximate surface area is 40.8 Å². The zero-order chi connectivity index (χ0) is 5.41. The lowest BCUT2D eigenvalue weighted by molar-refractivity contribution is -0.106. The topological polar surface area (TPSA) is 37.3 Å². The Morgan fingerprint density at radius 2 is 2.00 bits per heavy atom. The lowest BCUT2D eigenvalue weighted by Crippen LogP contribution is -1.57. The van der Waals surface area contributed by atoms with Gasteiger partial charge in [-0.1, -0.05) is 0 Å². The van der Waals surface area contributed by atoms with E-state index >= 15 is 0 Å². The normalized spacial score (nSPS) is 5.17. The molecule has 0 unspecified atom stereocenters. The maximum absolute atomic E-state index is 8.81. The van der Waals surface area contributed by atoms with Crippen LogP contribution in [0, 0.1) is 0 Å². The maximum atomic E-state index is 8.81. The van der Waals surface area contributed by atoms with Gasteiger partial charge in [0.25, 0.3) is 0 Å². The van der Waals surface area contributed by atoms with Crippen LogP contribution in [0.3, 0.4) is 0 Å². The van der Waals surface area contributed by atoms with Gasteiger partial charge in [0.15, 0.2) is 0 Å². The quantitative estimate of drug-likeness (QED) is 0.440. The van der Waals surface area contributed by atoms with Crippen LogP contribution >= 0.6 is 0 Å². The summed E-state index contributed by atoms with van der Waals surface area (Å²) < 4.78 is 0. The van der Waals surface area contributed by atoms with E-state index < -0.39 is 0 Å². The van der Waals surface area contributed by atoms with E-state index in [9.17, 15) is 0 Å². The van der Waals surface area contributed by atoms with Gasteiger partial charge in [-0.15, -0.1) is 0 Å². The summed E-state index contributed by atoms with van der Waals surface area (Å²) in [5, 5.41) is 7.57. The molecule has 0 radical (unpaired) electrons. The standard InChI is InChI=1S/C2H6O.C2H4O/c2*1-2-3/h3H,2H2,1H3;2H,1H3/p+2. The summed E-state index contributed by atoms with van der Waals surface area (Å²) in [4.78, 5) is 8.81. The number of hydrogen-bond donors (Lipinski definition) is 1. The Hall–Kier alpha value is -0.370. The second-order valence-electron chi connectivity index (χ2n) is 0.552. The second kappa shape index (κ2) is 23.0. The van der Waals surface area contributed by atoms with E-state index in [-0.39, 0.29) is 9.46 Å². The molecule has 2 nitrogen and oxygen atoms in total. The van der Waals surface area contributed by atoms with Crippen molar-refractivity contribution in [3.8, 4) is 0 Å². The summed E-state index contributed by atoms with van der Waals surface area (Å²) in [7, 11) is 0. The van der Waals surface area contributed by atoms with Crippen LogP contribution in [0.5, 0.6) is 0 Å². The molecule has 38 valence electrons. The first-order valence-electron chi connectivity index (χ1n) is 1.84. The van der Waals surface area contributed by atoms with E-state index in [1.807, 2.05) is 0 Å². The van der Waals surface area contributed by atoms with Crippen molar-refractivity contribution in [2.24, 2.45) is 0 Å². The van der Waals surface area contributed by atoms with Gasteiger partial charge in [-0.2, -0.15) is 0 Å². The Morgan fingerprint density at radius 1 is 2.00 bits per heavy atom. The number of aldehydes is 1. The predicted octanol–water partition coefficient (Wildman–Crippen LogP) is 0.429. The van der Waals surface area contributed by atoms with Crippen LogP contribution in [0.2, 0.25) is 0 Å². The van der Waals surface area contributed by atoms with Crippen molar-refractivity contribution in [2.75, 3.05) is 6.61 Å². The highest BCUT2D eigenvalue weighted by Gasteiger charge is 1.34. The van der Waals surface area contributed by atoms with Gasteiger partial charge in [0.1, 0.15) is 6.29 Å². The molecule has 0 saturated carbocycles. The SMILES string of the molecule is CC=O.CCO.[H+].[H+]. The van der Waals surface area contributed by atoms with Gasteiger partial charge in [-0.3, -0.25) is 0 Å². The first-order chi connectivity index (χ1) is 2.83. The van der Waals surface area contributed by atoms with Crippen LogP contribution in [-0.4, -0.2) is 18.0 Å². The second-order valence-corrected chi connectivity index (χ2v) is 0.552. The van der Waals surface area contributed by atoms with E-state index in [2.05, 4.69) is 0 Å². The maximum Gasteiger partial charge on any atom is 1.00 e. The molecule has 1 N–H and O–H groups in total. The summed E-state index contributed by atoms with van der Waals surface area (Å²) >= 11 is 0. The van der Waals surface area contributed by atoms with Gasteiger partial charge >= 0.3 is 2.85 Å². The summed E-state index contributed by atoms with van der Waals surface area (Å²) in [5.74, 6) is 0. The van der Waals surface area contributed by atoms with Crippen LogP contribution < -0.4 is 0 Å². The van der Waals surface area contributed by atoms with Crippen LogP contribution in [0.4, 0.5) is 0 Å². The highest BCUT2D eigenvalue weighted by molar-refractivity contribution is 5.44. The molecule has 0 aliphatic rings. The summed E-state index contributed by atoms with van der Waals surface area (Å²) in [6.07, 6.45) is 0.750. The number of hydrogen-bond acceptors (Lipinski definition) is 2. The van der Waals surface area contributed by atoms with E-state index in [0.29, 0.717) is 0 Å². The monoisotopic (exact) mass is 92.1 g/mol. The molecule has 0 bridgehead atoms. The van der Waals surface area contributed by atoms with Crippen molar-refractivity contribution in [1.29, 1.82) is 0 Å². The summed E-state index contributed by atoms with van der Waals surface area (Å²) in [6, 6.07) is 0. The van der Waals surface area contributed by atoms with E-state index in [0.717, 1.165) is 6.29 Å². The summed E-state index contributed by atoms with van der Waals surface area (Å²) in [6.45, 7) is 3.38. The summed E-state index contributed by atoms with van der Waals surface area (Å²) in [5.41, 5.74) is 0. The Morgan fingerprint density at radius 3 is 2.00 bits per heavy atom. The van der Waals surface area contributed by atoms with Gasteiger partial charge in [-0.25, -0.2) is 0 Å². The third-order valence-corrected chi connectivity index (χ3v) is 0. The largest absolute Gasteiger partial charge is 1.00 e. The molecule has 6 heavy (non-hydrogen) atoms. The van der Waals surface area contributed by atoms with Gasteiger partial charge < -0.3 is 9.90 Å². The molecule has 2 heteroatoms. The molecule has 0 aromatic carbocycles. The number of carbonyl (C=O) groups is 1. The predicted molar refractivity (Wildman–Crippen MR) is 26.7 cm³/mol. The van der Waals surface area contributed by atoms with Crippen molar-refractivity contribution in [3.63, 3.8) is 0 Å². The molecule has 0 amide bonds. The Kier molecular flexibility index (Phi) is 35.1. The molecule has 0 aliphatic carbocycles. The Bertz CT molecular complexity index is 26.0. The van der Waals surface area contributed by atoms with Crippen LogP contribution in [0.15, 0.2) is 0 Å². The first-order valence-corrected chi connectivity index (χ1v) is 1.84. The zero-order valence-corrected chi connectivity index (χ0v) is 4.14. The van der Waals surface area contributed by atoms with Gasteiger partial charge in [0.2, 0.25) is 0 Å². The highest BCUT2D eigenvalue weighted by atomic mass is 16.2. The average Bonchev–Trinajstić information content (AvgIpc) is 1.39. The van der Waals surface area contributed by atoms with E-state index in [1.54, 1.807) is 6.92 Å². The van der Waals surface area contributed by atoms with Crippen LogP contribution in [-0.2, 0) is 4.79 Å². The fraction of sp³-hybridized carbons (Fsp3) is 0.750. The van der Waals surface area contributed by atoms with Crippen molar-refractivity contribution in [2.45, 2.75) is 13.8 Å². The smallest absolute Gasteiger partial charge is 0.397 e. The molecular formula is C4H12O2+2. The third-order valence-electron chi connectivity index (χ3n) is 0. The molecular weight excluding hydrogens is 80.0 g/mol. The van der Waals surface area contributed by atoms with Crippen LogP contribution in [0.1, 0.15) is 16.7 Å². The minimum atomic E-state index is 0. The Balaban J connectivity index is -0.0000000160. The molecule has 0 saturated heterocycles. The number of aliphatic hydroxyl groups is 1. The number of rotatable bonds is 0. The minimum absolute atomic E-state index is 0. The minimum Gasteiger partial charge on any atom is -0.397 e. The van der Waals surface area contributed by atoms with E-state index in [4.69, 9.17) is 9.90 Å². The molecule has 0 aromatic heterocycles.